The van der Waals surface area contributed by atoms with E-state index in [0.717, 1.165) is 63.1 Å². The highest BCUT2D eigenvalue weighted by atomic mass is 16.5. The fraction of sp³-hybridized carbons (Fsp3) is 0.667. The number of likely N-dealkylation sites (N-methyl/N-ethyl adjacent to an activating group) is 2. The minimum atomic E-state index is 0.450. The molecule has 1 N–H and O–H groups in total. The van der Waals surface area contributed by atoms with Crippen LogP contribution in [0.4, 0.5) is 0 Å². The number of likely N-dealkylation sites (tertiary alicyclic amines) is 1. The van der Waals surface area contributed by atoms with Gasteiger partial charge in [-0.1, -0.05) is 0 Å². The molecule has 1 aromatic carbocycles. The molecule has 28 heavy (non-hydrogen) atoms. The molecule has 0 radical (unpaired) electrons. The first-order valence-corrected chi connectivity index (χ1v) is 10.1. The van der Waals surface area contributed by atoms with Gasteiger partial charge < -0.3 is 24.6 Å². The van der Waals surface area contributed by atoms with E-state index in [9.17, 15) is 0 Å². The fourth-order valence-corrected chi connectivity index (χ4v) is 4.15. The van der Waals surface area contributed by atoms with Gasteiger partial charge in [0.15, 0.2) is 5.96 Å². The lowest BCUT2D eigenvalue weighted by Crippen LogP contribution is -2.55. The van der Waals surface area contributed by atoms with Crippen LogP contribution in [0.5, 0.6) is 11.5 Å². The number of aliphatic imine (C=N–C) groups is 1. The van der Waals surface area contributed by atoms with Gasteiger partial charge in [0.25, 0.3) is 0 Å². The van der Waals surface area contributed by atoms with Crippen LogP contribution in [-0.2, 0) is 0 Å². The fourth-order valence-electron chi connectivity index (χ4n) is 4.15. The van der Waals surface area contributed by atoms with Crippen molar-refractivity contribution in [2.75, 3.05) is 74.6 Å². The van der Waals surface area contributed by atoms with Crippen molar-refractivity contribution in [1.82, 2.24) is 20.0 Å². The third-order valence-corrected chi connectivity index (χ3v) is 6.02. The van der Waals surface area contributed by atoms with Gasteiger partial charge >= 0.3 is 0 Å². The van der Waals surface area contributed by atoms with Crippen LogP contribution >= 0.6 is 0 Å². The largest absolute Gasteiger partial charge is 0.497 e. The third-order valence-electron chi connectivity index (χ3n) is 6.02. The second-order valence-electron chi connectivity index (χ2n) is 7.90. The summed E-state index contributed by atoms with van der Waals surface area (Å²) in [6, 6.07) is 6.69. The Labute approximate surface area is 169 Å². The average Bonchev–Trinajstić information content (AvgIpc) is 3.20. The summed E-state index contributed by atoms with van der Waals surface area (Å²) in [6.07, 6.45) is 1.10. The van der Waals surface area contributed by atoms with Gasteiger partial charge in [-0.2, -0.15) is 0 Å². The van der Waals surface area contributed by atoms with Crippen LogP contribution in [-0.4, -0.2) is 101 Å². The highest BCUT2D eigenvalue weighted by Gasteiger charge is 2.28. The smallest absolute Gasteiger partial charge is 0.193 e. The predicted octanol–water partition coefficient (Wildman–Crippen LogP) is 1.31. The van der Waals surface area contributed by atoms with Crippen molar-refractivity contribution in [3.05, 3.63) is 23.8 Å². The molecule has 0 aromatic heterocycles. The average molecular weight is 390 g/mol. The molecule has 0 spiro atoms. The quantitative estimate of drug-likeness (QED) is 0.605. The lowest BCUT2D eigenvalue weighted by Gasteiger charge is -2.38. The summed E-state index contributed by atoms with van der Waals surface area (Å²) in [7, 11) is 9.68. The van der Waals surface area contributed by atoms with Gasteiger partial charge in [-0.05, 0) is 38.2 Å². The van der Waals surface area contributed by atoms with E-state index in [1.165, 1.54) is 5.56 Å². The lowest BCUT2D eigenvalue weighted by atomic mass is 9.98. The number of methoxy groups -OCH3 is 2. The van der Waals surface area contributed by atoms with Crippen LogP contribution < -0.4 is 14.8 Å². The molecule has 156 valence electrons. The monoisotopic (exact) mass is 389 g/mol. The Hall–Kier alpha value is -1.99. The first-order valence-electron chi connectivity index (χ1n) is 10.1. The van der Waals surface area contributed by atoms with Crippen LogP contribution in [0.25, 0.3) is 0 Å². The molecule has 7 heteroatoms. The Morgan fingerprint density at radius 3 is 2.43 bits per heavy atom. The highest BCUT2D eigenvalue weighted by molar-refractivity contribution is 5.80. The second kappa shape index (κ2) is 9.47. The van der Waals surface area contributed by atoms with Gasteiger partial charge in [-0.3, -0.25) is 9.89 Å². The Balaban J connectivity index is 1.60. The lowest BCUT2D eigenvalue weighted by molar-refractivity contribution is 0.116. The van der Waals surface area contributed by atoms with Crippen LogP contribution in [0, 0.1) is 0 Å². The zero-order chi connectivity index (χ0) is 20.1. The summed E-state index contributed by atoms with van der Waals surface area (Å²) >= 11 is 0. The molecule has 2 heterocycles. The number of guanidine groups is 1. The summed E-state index contributed by atoms with van der Waals surface area (Å²) in [5.41, 5.74) is 1.27. The van der Waals surface area contributed by atoms with Crippen molar-refractivity contribution in [3.63, 3.8) is 0 Å². The predicted molar refractivity (Wildman–Crippen MR) is 114 cm³/mol. The molecule has 2 aliphatic rings. The molecular weight excluding hydrogens is 354 g/mol. The molecule has 1 aromatic rings. The van der Waals surface area contributed by atoms with E-state index in [0.29, 0.717) is 12.0 Å². The minimum Gasteiger partial charge on any atom is -0.497 e. The zero-order valence-corrected chi connectivity index (χ0v) is 17.9. The molecule has 2 unspecified atom stereocenters. The zero-order valence-electron chi connectivity index (χ0n) is 17.9. The van der Waals surface area contributed by atoms with E-state index < -0.39 is 0 Å². The van der Waals surface area contributed by atoms with Gasteiger partial charge in [0.2, 0.25) is 0 Å². The Kier molecular flexibility index (Phi) is 7.02. The first-order chi connectivity index (χ1) is 13.5. The SMILES string of the molecule is CN=C(NCC1CN(C)CCN1C)N1CCC(c2cc(OC)cc(OC)c2)C1. The molecule has 0 saturated carbocycles. The molecule has 2 fully saturated rings. The van der Waals surface area contributed by atoms with Gasteiger partial charge in [0.05, 0.1) is 14.2 Å². The number of hydrogen-bond acceptors (Lipinski definition) is 5. The maximum absolute atomic E-state index is 5.44. The number of piperazine rings is 1. The summed E-state index contributed by atoms with van der Waals surface area (Å²) in [4.78, 5) is 11.7. The maximum atomic E-state index is 5.44. The van der Waals surface area contributed by atoms with Crippen molar-refractivity contribution in [2.45, 2.75) is 18.4 Å². The summed E-state index contributed by atoms with van der Waals surface area (Å²) in [6.45, 7) is 6.22. The number of nitrogens with zero attached hydrogens (tertiary/aromatic N) is 4. The Bertz CT molecular complexity index is 659. The van der Waals surface area contributed by atoms with Crippen LogP contribution in [0.2, 0.25) is 0 Å². The van der Waals surface area contributed by atoms with E-state index >= 15 is 0 Å². The van der Waals surface area contributed by atoms with E-state index in [1.807, 2.05) is 13.1 Å². The van der Waals surface area contributed by atoms with Crippen LogP contribution in [0.3, 0.4) is 0 Å². The molecule has 0 amide bonds. The second-order valence-corrected chi connectivity index (χ2v) is 7.90. The van der Waals surface area contributed by atoms with Gasteiger partial charge in [-0.15, -0.1) is 0 Å². The molecule has 0 bridgehead atoms. The molecule has 0 aliphatic carbocycles. The van der Waals surface area contributed by atoms with Crippen molar-refractivity contribution >= 4 is 5.96 Å². The Morgan fingerprint density at radius 2 is 1.79 bits per heavy atom. The van der Waals surface area contributed by atoms with Gasteiger partial charge in [0.1, 0.15) is 11.5 Å². The normalized spacial score (nSPS) is 24.5. The van der Waals surface area contributed by atoms with Gasteiger partial charge in [0, 0.05) is 64.3 Å². The summed E-state index contributed by atoms with van der Waals surface area (Å²) in [5.74, 6) is 3.14. The molecule has 7 nitrogen and oxygen atoms in total. The van der Waals surface area contributed by atoms with Crippen molar-refractivity contribution in [3.8, 4) is 11.5 Å². The van der Waals surface area contributed by atoms with Crippen molar-refractivity contribution in [1.29, 1.82) is 0 Å². The van der Waals surface area contributed by atoms with Crippen LogP contribution in [0.1, 0.15) is 17.9 Å². The van der Waals surface area contributed by atoms with Gasteiger partial charge in [-0.25, -0.2) is 0 Å². The van der Waals surface area contributed by atoms with E-state index in [-0.39, 0.29) is 0 Å². The number of ether oxygens (including phenoxy) is 2. The summed E-state index contributed by atoms with van der Waals surface area (Å²) in [5, 5.41) is 3.61. The number of hydrogen-bond donors (Lipinski definition) is 1. The topological polar surface area (TPSA) is 52.6 Å². The van der Waals surface area contributed by atoms with Crippen LogP contribution in [0.15, 0.2) is 23.2 Å². The summed E-state index contributed by atoms with van der Waals surface area (Å²) < 4.78 is 10.9. The number of benzene rings is 1. The molecule has 2 saturated heterocycles. The first kappa shape index (κ1) is 20.7. The molecule has 2 atom stereocenters. The highest BCUT2D eigenvalue weighted by Crippen LogP contribution is 2.32. The standard InChI is InChI=1S/C21H35N5O2/c1-22-21(23-13-18-15-24(2)8-9-25(18)3)26-7-6-16(14-26)17-10-19(27-4)12-20(11-17)28-5/h10-12,16,18H,6-9,13-15H2,1-5H3,(H,22,23). The number of rotatable bonds is 5. The van der Waals surface area contributed by atoms with E-state index in [2.05, 4.69) is 51.2 Å². The van der Waals surface area contributed by atoms with E-state index in [4.69, 9.17) is 9.47 Å². The van der Waals surface area contributed by atoms with E-state index in [1.54, 1.807) is 14.2 Å². The maximum Gasteiger partial charge on any atom is 0.193 e. The Morgan fingerprint density at radius 1 is 1.07 bits per heavy atom. The molecule has 2 aliphatic heterocycles. The molecular formula is C21H35N5O2. The number of nitrogens with one attached hydrogen (secondary N) is 1. The third kappa shape index (κ3) is 4.89. The minimum absolute atomic E-state index is 0.450. The molecule has 3 rings (SSSR count). The van der Waals surface area contributed by atoms with Crippen molar-refractivity contribution in [2.24, 2.45) is 4.99 Å². The van der Waals surface area contributed by atoms with Crippen molar-refractivity contribution < 1.29 is 9.47 Å².